The summed E-state index contributed by atoms with van der Waals surface area (Å²) in [6.07, 6.45) is 3.07. The monoisotopic (exact) mass is 211 g/mol. The van der Waals surface area contributed by atoms with Crippen molar-refractivity contribution in [2.24, 2.45) is 5.92 Å². The highest BCUT2D eigenvalue weighted by molar-refractivity contribution is 7.09. The average molecular weight is 211 g/mol. The molecule has 2 rings (SSSR count). The van der Waals surface area contributed by atoms with Crippen molar-refractivity contribution in [3.05, 3.63) is 16.1 Å². The second-order valence-electron chi connectivity index (χ2n) is 3.88. The molecular weight excluding hydrogens is 198 g/mol. The highest BCUT2D eigenvalue weighted by Gasteiger charge is 2.29. The Morgan fingerprint density at radius 1 is 1.79 bits per heavy atom. The lowest BCUT2D eigenvalue weighted by Gasteiger charge is -2.04. The predicted molar refractivity (Wildman–Crippen MR) is 54.6 cm³/mol. The summed E-state index contributed by atoms with van der Waals surface area (Å²) in [4.78, 5) is 16.2. The average Bonchev–Trinajstić information content (AvgIpc) is 2.88. The molecule has 1 aromatic rings. The lowest BCUT2D eigenvalue weighted by Crippen LogP contribution is -2.12. The third-order valence-electron chi connectivity index (χ3n) is 2.55. The molecule has 3 nitrogen and oxygen atoms in total. The van der Waals surface area contributed by atoms with Gasteiger partial charge >= 0.3 is 5.97 Å². The van der Waals surface area contributed by atoms with Gasteiger partial charge in [-0.2, -0.15) is 0 Å². The number of aliphatic carboxylic acids is 1. The van der Waals surface area contributed by atoms with Crippen molar-refractivity contribution in [1.29, 1.82) is 0 Å². The van der Waals surface area contributed by atoms with Crippen LogP contribution in [0.1, 0.15) is 36.3 Å². The van der Waals surface area contributed by atoms with E-state index in [4.69, 9.17) is 5.11 Å². The van der Waals surface area contributed by atoms with Crippen molar-refractivity contribution in [3.8, 4) is 0 Å². The molecule has 0 saturated heterocycles. The van der Waals surface area contributed by atoms with Crippen LogP contribution in [-0.4, -0.2) is 16.1 Å². The Hall–Kier alpha value is -0.900. The Morgan fingerprint density at radius 3 is 3.07 bits per heavy atom. The van der Waals surface area contributed by atoms with Crippen molar-refractivity contribution in [3.63, 3.8) is 0 Å². The molecule has 0 amide bonds. The van der Waals surface area contributed by atoms with Crippen molar-refractivity contribution < 1.29 is 9.90 Å². The summed E-state index contributed by atoms with van der Waals surface area (Å²) in [5.41, 5.74) is 2.99. The highest BCUT2D eigenvalue weighted by Crippen LogP contribution is 2.42. The molecule has 0 bridgehead atoms. The fourth-order valence-corrected chi connectivity index (χ4v) is 2.47. The van der Waals surface area contributed by atoms with Crippen molar-refractivity contribution in [1.82, 2.24) is 4.98 Å². The summed E-state index contributed by atoms with van der Waals surface area (Å²) in [7, 11) is 0. The molecule has 0 aliphatic heterocycles. The van der Waals surface area contributed by atoms with Gasteiger partial charge in [0, 0.05) is 10.8 Å². The van der Waals surface area contributed by atoms with Crippen molar-refractivity contribution >= 4 is 17.3 Å². The molecule has 1 aromatic heterocycles. The van der Waals surface area contributed by atoms with Gasteiger partial charge in [0.05, 0.1) is 17.1 Å². The van der Waals surface area contributed by atoms with E-state index in [1.165, 1.54) is 17.7 Å². The summed E-state index contributed by atoms with van der Waals surface area (Å²) in [5.74, 6) is -0.398. The maximum Gasteiger partial charge on any atom is 0.306 e. The fourth-order valence-electron chi connectivity index (χ4n) is 1.49. The molecule has 1 unspecified atom stereocenters. The number of hydrogen-bond acceptors (Lipinski definition) is 3. The van der Waals surface area contributed by atoms with Crippen LogP contribution < -0.4 is 0 Å². The molecule has 1 N–H and O–H groups in total. The molecule has 0 spiro atoms. The van der Waals surface area contributed by atoms with E-state index in [0.29, 0.717) is 12.3 Å². The van der Waals surface area contributed by atoms with Gasteiger partial charge in [-0.05, 0) is 19.3 Å². The quantitative estimate of drug-likeness (QED) is 0.831. The maximum absolute atomic E-state index is 10.7. The van der Waals surface area contributed by atoms with Crippen LogP contribution in [0.2, 0.25) is 0 Å². The Labute approximate surface area is 86.8 Å². The zero-order valence-corrected chi connectivity index (χ0v) is 8.88. The lowest BCUT2D eigenvalue weighted by atomic mass is 10.1. The molecule has 1 saturated carbocycles. The van der Waals surface area contributed by atoms with Gasteiger partial charge in [0.15, 0.2) is 0 Å². The van der Waals surface area contributed by atoms with Crippen LogP contribution in [0.4, 0.5) is 0 Å². The second kappa shape index (κ2) is 3.69. The van der Waals surface area contributed by atoms with E-state index in [1.54, 1.807) is 18.3 Å². The van der Waals surface area contributed by atoms with Gasteiger partial charge in [0.25, 0.3) is 0 Å². The largest absolute Gasteiger partial charge is 0.481 e. The molecule has 1 heterocycles. The van der Waals surface area contributed by atoms with Gasteiger partial charge in [0.1, 0.15) is 0 Å². The van der Waals surface area contributed by atoms with Crippen LogP contribution in [0.5, 0.6) is 0 Å². The lowest BCUT2D eigenvalue weighted by molar-refractivity contribution is -0.141. The number of aromatic nitrogens is 1. The fraction of sp³-hybridized carbons (Fsp3) is 0.600. The van der Waals surface area contributed by atoms with E-state index in [0.717, 1.165) is 5.69 Å². The van der Waals surface area contributed by atoms with E-state index in [-0.39, 0.29) is 5.92 Å². The van der Waals surface area contributed by atoms with Gasteiger partial charge in [0.2, 0.25) is 0 Å². The molecule has 14 heavy (non-hydrogen) atoms. The van der Waals surface area contributed by atoms with Crippen LogP contribution in [-0.2, 0) is 11.2 Å². The standard InChI is InChI=1S/C10H13NO2S/c1-6(10(12)13)4-8-9(7-2-3-7)11-5-14-8/h5-7H,2-4H2,1H3,(H,12,13). The zero-order valence-electron chi connectivity index (χ0n) is 8.06. The molecular formula is C10H13NO2S. The summed E-state index contributed by atoms with van der Waals surface area (Å²) >= 11 is 1.59. The summed E-state index contributed by atoms with van der Waals surface area (Å²) in [5, 5.41) is 8.81. The van der Waals surface area contributed by atoms with Gasteiger partial charge < -0.3 is 5.11 Å². The van der Waals surface area contributed by atoms with Crippen LogP contribution >= 0.6 is 11.3 Å². The molecule has 0 radical (unpaired) electrons. The minimum absolute atomic E-state index is 0.298. The molecule has 4 heteroatoms. The number of carbonyl (C=O) groups is 1. The first kappa shape index (κ1) is 9.65. The van der Waals surface area contributed by atoms with Crippen LogP contribution in [0.15, 0.2) is 5.51 Å². The third-order valence-corrected chi connectivity index (χ3v) is 3.42. The van der Waals surface area contributed by atoms with Crippen LogP contribution in [0.25, 0.3) is 0 Å². The molecule has 1 fully saturated rings. The first-order valence-electron chi connectivity index (χ1n) is 4.83. The maximum atomic E-state index is 10.7. The Morgan fingerprint density at radius 2 is 2.50 bits per heavy atom. The second-order valence-corrected chi connectivity index (χ2v) is 4.82. The SMILES string of the molecule is CC(Cc1scnc1C1CC1)C(=O)O. The van der Waals surface area contributed by atoms with Crippen LogP contribution in [0.3, 0.4) is 0 Å². The number of rotatable bonds is 4. The first-order chi connectivity index (χ1) is 6.68. The van der Waals surface area contributed by atoms with Gasteiger partial charge in [-0.1, -0.05) is 6.92 Å². The number of nitrogens with zero attached hydrogens (tertiary/aromatic N) is 1. The third kappa shape index (κ3) is 1.95. The number of hydrogen-bond donors (Lipinski definition) is 1. The van der Waals surface area contributed by atoms with Crippen molar-refractivity contribution in [2.75, 3.05) is 0 Å². The smallest absolute Gasteiger partial charge is 0.306 e. The van der Waals surface area contributed by atoms with Gasteiger partial charge in [-0.15, -0.1) is 11.3 Å². The number of thiazole rings is 1. The zero-order chi connectivity index (χ0) is 10.1. The predicted octanol–water partition coefficient (Wildman–Crippen LogP) is 2.28. The topological polar surface area (TPSA) is 50.2 Å². The van der Waals surface area contributed by atoms with E-state index < -0.39 is 5.97 Å². The van der Waals surface area contributed by atoms with E-state index in [1.807, 2.05) is 5.51 Å². The Balaban J connectivity index is 2.08. The molecule has 76 valence electrons. The van der Waals surface area contributed by atoms with E-state index in [2.05, 4.69) is 4.98 Å². The van der Waals surface area contributed by atoms with Crippen molar-refractivity contribution in [2.45, 2.75) is 32.1 Å². The number of carboxylic acid groups (broad SMARTS) is 1. The number of carboxylic acids is 1. The Kier molecular flexibility index (Phi) is 2.54. The Bertz CT molecular complexity index is 344. The first-order valence-corrected chi connectivity index (χ1v) is 5.71. The molecule has 1 aliphatic carbocycles. The minimum atomic E-state index is -0.722. The molecule has 1 aliphatic rings. The van der Waals surface area contributed by atoms with Gasteiger partial charge in [-0.25, -0.2) is 4.98 Å². The van der Waals surface area contributed by atoms with E-state index in [9.17, 15) is 4.79 Å². The molecule has 1 atom stereocenters. The summed E-state index contributed by atoms with van der Waals surface area (Å²) < 4.78 is 0. The minimum Gasteiger partial charge on any atom is -0.481 e. The summed E-state index contributed by atoms with van der Waals surface area (Å²) in [6.45, 7) is 1.75. The van der Waals surface area contributed by atoms with Gasteiger partial charge in [-0.3, -0.25) is 4.79 Å². The normalized spacial score (nSPS) is 18.1. The van der Waals surface area contributed by atoms with Crippen LogP contribution in [0, 0.1) is 5.92 Å². The highest BCUT2D eigenvalue weighted by atomic mass is 32.1. The van der Waals surface area contributed by atoms with E-state index >= 15 is 0 Å². The molecule has 0 aromatic carbocycles. The summed E-state index contributed by atoms with van der Waals surface area (Å²) in [6, 6.07) is 0.